The third kappa shape index (κ3) is 6.28. The van der Waals surface area contributed by atoms with Crippen LogP contribution in [0.1, 0.15) is 34.6 Å². The average Bonchev–Trinajstić information content (AvgIpc) is 1.77. The van der Waals surface area contributed by atoms with Crippen LogP contribution in [0.25, 0.3) is 0 Å². The Balaban J connectivity index is 4.08. The van der Waals surface area contributed by atoms with E-state index in [0.717, 1.165) is 0 Å². The van der Waals surface area contributed by atoms with E-state index < -0.39 is 17.9 Å². The minimum absolute atomic E-state index is 0.268. The van der Waals surface area contributed by atoms with Crippen molar-refractivity contribution >= 4 is 12.1 Å². The predicted molar refractivity (Wildman–Crippen MR) is 48.5 cm³/mol. The van der Waals surface area contributed by atoms with Gasteiger partial charge in [0.05, 0.1) is 6.10 Å². The fourth-order valence-electron chi connectivity index (χ4n) is 0.784. The molecule has 0 aromatic heterocycles. The molecule has 0 heterocycles. The van der Waals surface area contributed by atoms with Crippen molar-refractivity contribution in [1.29, 1.82) is 0 Å². The highest BCUT2D eigenvalue weighted by Crippen LogP contribution is 2.13. The first-order valence-electron chi connectivity index (χ1n) is 4.32. The number of hydrogen-bond donors (Lipinski definition) is 0. The quantitative estimate of drug-likeness (QED) is 0.518. The van der Waals surface area contributed by atoms with E-state index in [2.05, 4.69) is 0 Å². The maximum Gasteiger partial charge on any atom is 0.511 e. The van der Waals surface area contributed by atoms with Crippen molar-refractivity contribution in [1.82, 2.24) is 0 Å². The lowest BCUT2D eigenvalue weighted by Gasteiger charge is -2.24. The van der Waals surface area contributed by atoms with Gasteiger partial charge in [-0.1, -0.05) is 0 Å². The number of rotatable bonds is 3. The number of esters is 1. The van der Waals surface area contributed by atoms with Gasteiger partial charge in [0.25, 0.3) is 5.79 Å². The summed E-state index contributed by atoms with van der Waals surface area (Å²) in [6, 6.07) is 0. The molecule has 0 atom stereocenters. The summed E-state index contributed by atoms with van der Waals surface area (Å²) in [5, 5.41) is 0. The Morgan fingerprint density at radius 1 is 1.14 bits per heavy atom. The Bertz CT molecular complexity index is 219. The van der Waals surface area contributed by atoms with Crippen LogP contribution in [-0.4, -0.2) is 24.0 Å². The molecule has 0 unspecified atom stereocenters. The third-order valence-corrected chi connectivity index (χ3v) is 1.05. The summed E-state index contributed by atoms with van der Waals surface area (Å²) in [6.45, 7) is 7.53. The summed E-state index contributed by atoms with van der Waals surface area (Å²) in [5.41, 5.74) is 0. The van der Waals surface area contributed by atoms with Crippen molar-refractivity contribution in [2.24, 2.45) is 0 Å². The number of carbonyl (C=O) groups is 2. The highest BCUT2D eigenvalue weighted by atomic mass is 16.8. The van der Waals surface area contributed by atoms with Gasteiger partial charge in [-0.15, -0.1) is 0 Å². The van der Waals surface area contributed by atoms with Gasteiger partial charge in [-0.2, -0.15) is 0 Å². The van der Waals surface area contributed by atoms with Gasteiger partial charge in [0.1, 0.15) is 0 Å². The molecule has 0 aromatic carbocycles. The van der Waals surface area contributed by atoms with E-state index in [1.165, 1.54) is 20.8 Å². The summed E-state index contributed by atoms with van der Waals surface area (Å²) in [4.78, 5) is 21.6. The first-order chi connectivity index (χ1) is 6.23. The van der Waals surface area contributed by atoms with Gasteiger partial charge in [0, 0.05) is 20.8 Å². The van der Waals surface area contributed by atoms with Gasteiger partial charge >= 0.3 is 12.1 Å². The molecule has 5 nitrogen and oxygen atoms in total. The van der Waals surface area contributed by atoms with Gasteiger partial charge in [0.15, 0.2) is 0 Å². The van der Waals surface area contributed by atoms with Gasteiger partial charge in [0.2, 0.25) is 0 Å². The van der Waals surface area contributed by atoms with Crippen molar-refractivity contribution in [3.63, 3.8) is 0 Å². The Morgan fingerprint density at radius 2 is 1.64 bits per heavy atom. The van der Waals surface area contributed by atoms with Crippen LogP contribution >= 0.6 is 0 Å². The van der Waals surface area contributed by atoms with E-state index in [1.54, 1.807) is 13.8 Å². The maximum absolute atomic E-state index is 11.0. The molecule has 0 bridgehead atoms. The molecule has 14 heavy (non-hydrogen) atoms. The van der Waals surface area contributed by atoms with Crippen molar-refractivity contribution in [3.05, 3.63) is 0 Å². The van der Waals surface area contributed by atoms with Crippen LogP contribution in [0.15, 0.2) is 0 Å². The second-order valence-corrected chi connectivity index (χ2v) is 3.51. The monoisotopic (exact) mass is 204 g/mol. The smallest absolute Gasteiger partial charge is 0.431 e. The molecule has 0 aliphatic carbocycles. The first-order valence-corrected chi connectivity index (χ1v) is 4.32. The second kappa shape index (κ2) is 4.83. The molecule has 0 aliphatic rings. The van der Waals surface area contributed by atoms with Crippen LogP contribution in [0, 0.1) is 0 Å². The molecule has 0 rings (SSSR count). The van der Waals surface area contributed by atoms with Crippen LogP contribution in [0.2, 0.25) is 0 Å². The molecule has 0 amide bonds. The number of hydrogen-bond acceptors (Lipinski definition) is 5. The molecular weight excluding hydrogens is 188 g/mol. The van der Waals surface area contributed by atoms with Crippen molar-refractivity contribution < 1.29 is 23.8 Å². The van der Waals surface area contributed by atoms with E-state index >= 15 is 0 Å². The molecule has 0 spiro atoms. The standard InChI is InChI=1S/C9H16O5/c1-6(2)12-8(11)14-9(4,5)13-7(3)10/h6H,1-5H3. The van der Waals surface area contributed by atoms with Gasteiger partial charge in [-0.05, 0) is 13.8 Å². The topological polar surface area (TPSA) is 61.8 Å². The highest BCUT2D eigenvalue weighted by molar-refractivity contribution is 5.67. The highest BCUT2D eigenvalue weighted by Gasteiger charge is 2.27. The molecule has 0 saturated carbocycles. The van der Waals surface area contributed by atoms with Crippen LogP contribution in [0.4, 0.5) is 4.79 Å². The molecular formula is C9H16O5. The van der Waals surface area contributed by atoms with Crippen LogP contribution in [0.5, 0.6) is 0 Å². The summed E-state index contributed by atoms with van der Waals surface area (Å²) < 4.78 is 14.2. The first kappa shape index (κ1) is 12.7. The van der Waals surface area contributed by atoms with E-state index in [1.807, 2.05) is 0 Å². The summed E-state index contributed by atoms with van der Waals surface area (Å²) in [7, 11) is 0. The second-order valence-electron chi connectivity index (χ2n) is 3.51. The van der Waals surface area contributed by atoms with Crippen molar-refractivity contribution in [2.75, 3.05) is 0 Å². The zero-order chi connectivity index (χ0) is 11.4. The van der Waals surface area contributed by atoms with Crippen LogP contribution in [-0.2, 0) is 19.0 Å². The predicted octanol–water partition coefficient (Wildman–Crippen LogP) is 1.85. The average molecular weight is 204 g/mol. The summed E-state index contributed by atoms with van der Waals surface area (Å²) in [5.74, 6) is -1.81. The fraction of sp³-hybridized carbons (Fsp3) is 0.778. The third-order valence-electron chi connectivity index (χ3n) is 1.05. The molecule has 0 saturated heterocycles. The Morgan fingerprint density at radius 3 is 2.00 bits per heavy atom. The SMILES string of the molecule is CC(=O)OC(C)(C)OC(=O)OC(C)C. The molecule has 0 radical (unpaired) electrons. The van der Waals surface area contributed by atoms with E-state index in [4.69, 9.17) is 14.2 Å². The van der Waals surface area contributed by atoms with Gasteiger partial charge in [-0.25, -0.2) is 4.79 Å². The van der Waals surface area contributed by atoms with Crippen molar-refractivity contribution in [2.45, 2.75) is 46.5 Å². The van der Waals surface area contributed by atoms with Gasteiger partial charge in [-0.3, -0.25) is 4.79 Å². The molecule has 0 fully saturated rings. The normalized spacial score (nSPS) is 11.0. The Hall–Kier alpha value is -1.26. The lowest BCUT2D eigenvalue weighted by molar-refractivity contribution is -0.199. The lowest BCUT2D eigenvalue weighted by Crippen LogP contribution is -2.34. The molecule has 82 valence electrons. The minimum Gasteiger partial charge on any atom is -0.431 e. The molecule has 0 aromatic rings. The fourth-order valence-corrected chi connectivity index (χ4v) is 0.784. The van der Waals surface area contributed by atoms with E-state index in [-0.39, 0.29) is 6.10 Å². The zero-order valence-corrected chi connectivity index (χ0v) is 9.12. The van der Waals surface area contributed by atoms with Crippen LogP contribution < -0.4 is 0 Å². The molecule has 5 heteroatoms. The number of carbonyl (C=O) groups excluding carboxylic acids is 2. The van der Waals surface area contributed by atoms with E-state index in [0.29, 0.717) is 0 Å². The largest absolute Gasteiger partial charge is 0.511 e. The minimum atomic E-state index is -1.29. The van der Waals surface area contributed by atoms with Crippen molar-refractivity contribution in [3.8, 4) is 0 Å². The molecule has 0 N–H and O–H groups in total. The summed E-state index contributed by atoms with van der Waals surface area (Å²) in [6.07, 6.45) is -1.12. The van der Waals surface area contributed by atoms with Gasteiger partial charge < -0.3 is 14.2 Å². The Labute approximate surface area is 83.3 Å². The Kier molecular flexibility index (Phi) is 4.40. The zero-order valence-electron chi connectivity index (χ0n) is 9.12. The van der Waals surface area contributed by atoms with Crippen LogP contribution in [0.3, 0.4) is 0 Å². The number of ether oxygens (including phenoxy) is 3. The molecule has 0 aliphatic heterocycles. The lowest BCUT2D eigenvalue weighted by atomic mass is 10.4. The van der Waals surface area contributed by atoms with E-state index in [9.17, 15) is 9.59 Å². The summed E-state index contributed by atoms with van der Waals surface area (Å²) >= 11 is 0. The maximum atomic E-state index is 11.0.